The van der Waals surface area contributed by atoms with Gasteiger partial charge in [-0.2, -0.15) is 0 Å². The second-order valence-corrected chi connectivity index (χ2v) is 4.77. The normalized spacial score (nSPS) is 19.1. The Morgan fingerprint density at radius 3 is 3.05 bits per heavy atom. The molecule has 0 saturated carbocycles. The Labute approximate surface area is 113 Å². The Kier molecular flexibility index (Phi) is 4.63. The molecule has 1 atom stereocenters. The van der Waals surface area contributed by atoms with Crippen LogP contribution in [0.3, 0.4) is 0 Å². The Bertz CT molecular complexity index is 436. The van der Waals surface area contributed by atoms with E-state index in [1.807, 2.05) is 24.3 Å². The molecule has 19 heavy (non-hydrogen) atoms. The number of amides is 2. The van der Waals surface area contributed by atoms with Crippen LogP contribution in [-0.4, -0.2) is 42.8 Å². The van der Waals surface area contributed by atoms with Gasteiger partial charge in [0.05, 0.1) is 12.8 Å². The largest absolute Gasteiger partial charge is 0.495 e. The molecule has 0 aromatic heterocycles. The third-order valence-electron chi connectivity index (χ3n) is 3.41. The summed E-state index contributed by atoms with van der Waals surface area (Å²) in [5.41, 5.74) is 0.668. The van der Waals surface area contributed by atoms with Crippen molar-refractivity contribution in [2.24, 2.45) is 5.92 Å². The van der Waals surface area contributed by atoms with Crippen molar-refractivity contribution in [1.29, 1.82) is 0 Å². The number of benzene rings is 1. The summed E-state index contributed by atoms with van der Waals surface area (Å²) in [5, 5.41) is 12.0. The number of hydrogen-bond acceptors (Lipinski definition) is 3. The standard InChI is InChI=1S/C14H20N2O3/c1-19-13-7-3-2-6-12(13)15-14(18)16-8-4-5-11(9-16)10-17/h2-3,6-7,11,17H,4-5,8-10H2,1H3,(H,15,18). The molecule has 0 bridgehead atoms. The molecule has 2 rings (SSSR count). The van der Waals surface area contributed by atoms with Crippen LogP contribution in [0.25, 0.3) is 0 Å². The van der Waals surface area contributed by atoms with Crippen molar-refractivity contribution >= 4 is 11.7 Å². The molecule has 1 heterocycles. The van der Waals surface area contributed by atoms with Gasteiger partial charge in [-0.15, -0.1) is 0 Å². The molecule has 2 N–H and O–H groups in total. The summed E-state index contributed by atoms with van der Waals surface area (Å²) >= 11 is 0. The topological polar surface area (TPSA) is 61.8 Å². The molecule has 1 aromatic rings. The molecule has 2 amide bonds. The van der Waals surface area contributed by atoms with E-state index in [2.05, 4.69) is 5.32 Å². The third kappa shape index (κ3) is 3.38. The molecule has 104 valence electrons. The van der Waals surface area contributed by atoms with Crippen LogP contribution in [0.2, 0.25) is 0 Å². The quantitative estimate of drug-likeness (QED) is 0.877. The van der Waals surface area contributed by atoms with Gasteiger partial charge in [0, 0.05) is 19.7 Å². The minimum absolute atomic E-state index is 0.136. The number of piperidine rings is 1. The maximum atomic E-state index is 12.2. The Balaban J connectivity index is 2.00. The van der Waals surface area contributed by atoms with E-state index in [1.165, 1.54) is 0 Å². The number of methoxy groups -OCH3 is 1. The molecule has 0 radical (unpaired) electrons. The highest BCUT2D eigenvalue weighted by Gasteiger charge is 2.23. The lowest BCUT2D eigenvalue weighted by molar-refractivity contribution is 0.136. The van der Waals surface area contributed by atoms with Crippen molar-refractivity contribution in [3.63, 3.8) is 0 Å². The molecule has 1 aliphatic rings. The van der Waals surface area contributed by atoms with Crippen LogP contribution in [0.4, 0.5) is 10.5 Å². The van der Waals surface area contributed by atoms with Crippen molar-refractivity contribution in [2.75, 3.05) is 32.1 Å². The fraction of sp³-hybridized carbons (Fsp3) is 0.500. The monoisotopic (exact) mass is 264 g/mol. The second kappa shape index (κ2) is 6.43. The average molecular weight is 264 g/mol. The number of ether oxygens (including phenoxy) is 1. The summed E-state index contributed by atoms with van der Waals surface area (Å²) in [6.07, 6.45) is 1.92. The summed E-state index contributed by atoms with van der Waals surface area (Å²) < 4.78 is 5.20. The van der Waals surface area contributed by atoms with E-state index in [0.717, 1.165) is 19.4 Å². The van der Waals surface area contributed by atoms with Gasteiger partial charge in [0.15, 0.2) is 0 Å². The number of nitrogens with zero attached hydrogens (tertiary/aromatic N) is 1. The number of aliphatic hydroxyl groups excluding tert-OH is 1. The number of urea groups is 1. The molecule has 1 unspecified atom stereocenters. The van der Waals surface area contributed by atoms with Crippen LogP contribution in [0, 0.1) is 5.92 Å². The van der Waals surface area contributed by atoms with Crippen LogP contribution in [0.15, 0.2) is 24.3 Å². The van der Waals surface area contributed by atoms with Crippen LogP contribution in [-0.2, 0) is 0 Å². The van der Waals surface area contributed by atoms with Gasteiger partial charge in [-0.25, -0.2) is 4.79 Å². The highest BCUT2D eigenvalue weighted by molar-refractivity contribution is 5.91. The maximum Gasteiger partial charge on any atom is 0.321 e. The van der Waals surface area contributed by atoms with Gasteiger partial charge in [0.25, 0.3) is 0 Å². The van der Waals surface area contributed by atoms with Crippen molar-refractivity contribution in [3.8, 4) is 5.75 Å². The number of para-hydroxylation sites is 2. The van der Waals surface area contributed by atoms with E-state index in [9.17, 15) is 9.90 Å². The van der Waals surface area contributed by atoms with Crippen molar-refractivity contribution in [3.05, 3.63) is 24.3 Å². The molecule has 1 fully saturated rings. The van der Waals surface area contributed by atoms with Gasteiger partial charge in [-0.3, -0.25) is 0 Å². The van der Waals surface area contributed by atoms with Gasteiger partial charge in [-0.05, 0) is 30.9 Å². The molecule has 0 aliphatic carbocycles. The summed E-state index contributed by atoms with van der Waals surface area (Å²) in [4.78, 5) is 13.9. The van der Waals surface area contributed by atoms with Crippen LogP contribution < -0.4 is 10.1 Å². The summed E-state index contributed by atoms with van der Waals surface area (Å²) in [6, 6.07) is 7.19. The van der Waals surface area contributed by atoms with Crippen LogP contribution in [0.1, 0.15) is 12.8 Å². The Morgan fingerprint density at radius 2 is 2.32 bits per heavy atom. The van der Waals surface area contributed by atoms with Gasteiger partial charge in [0.1, 0.15) is 5.75 Å². The molecular formula is C14H20N2O3. The predicted molar refractivity (Wildman–Crippen MR) is 73.4 cm³/mol. The molecular weight excluding hydrogens is 244 g/mol. The molecule has 1 aromatic carbocycles. The second-order valence-electron chi connectivity index (χ2n) is 4.77. The molecule has 5 nitrogen and oxygen atoms in total. The van der Waals surface area contributed by atoms with Gasteiger partial charge < -0.3 is 20.1 Å². The lowest BCUT2D eigenvalue weighted by atomic mass is 9.99. The first-order valence-electron chi connectivity index (χ1n) is 6.54. The number of carbonyl (C=O) groups excluding carboxylic acids is 1. The van der Waals surface area contributed by atoms with E-state index < -0.39 is 0 Å². The smallest absolute Gasteiger partial charge is 0.321 e. The predicted octanol–water partition coefficient (Wildman–Crippen LogP) is 1.93. The van der Waals surface area contributed by atoms with E-state index in [0.29, 0.717) is 18.0 Å². The molecule has 5 heteroatoms. The summed E-state index contributed by atoms with van der Waals surface area (Å²) in [5.74, 6) is 0.837. The van der Waals surface area contributed by atoms with Gasteiger partial charge in [-0.1, -0.05) is 12.1 Å². The first-order valence-corrected chi connectivity index (χ1v) is 6.54. The van der Waals surface area contributed by atoms with Crippen LogP contribution >= 0.6 is 0 Å². The van der Waals surface area contributed by atoms with Crippen molar-refractivity contribution in [2.45, 2.75) is 12.8 Å². The summed E-state index contributed by atoms with van der Waals surface area (Å²) in [6.45, 7) is 1.48. The number of rotatable bonds is 3. The zero-order chi connectivity index (χ0) is 13.7. The van der Waals surface area contributed by atoms with Crippen molar-refractivity contribution < 1.29 is 14.6 Å². The minimum Gasteiger partial charge on any atom is -0.495 e. The fourth-order valence-electron chi connectivity index (χ4n) is 2.34. The SMILES string of the molecule is COc1ccccc1NC(=O)N1CCCC(CO)C1. The zero-order valence-electron chi connectivity index (χ0n) is 11.1. The maximum absolute atomic E-state index is 12.2. The number of likely N-dealkylation sites (tertiary alicyclic amines) is 1. The lowest BCUT2D eigenvalue weighted by Gasteiger charge is -2.31. The number of nitrogens with one attached hydrogen (secondary N) is 1. The third-order valence-corrected chi connectivity index (χ3v) is 3.41. The Morgan fingerprint density at radius 1 is 1.53 bits per heavy atom. The molecule has 0 spiro atoms. The first-order chi connectivity index (χ1) is 9.24. The minimum atomic E-state index is -0.136. The van der Waals surface area contributed by atoms with E-state index in [1.54, 1.807) is 12.0 Å². The van der Waals surface area contributed by atoms with Gasteiger partial charge >= 0.3 is 6.03 Å². The lowest BCUT2D eigenvalue weighted by Crippen LogP contribution is -2.43. The fourth-order valence-corrected chi connectivity index (χ4v) is 2.34. The number of aliphatic hydroxyl groups is 1. The first kappa shape index (κ1) is 13.7. The van der Waals surface area contributed by atoms with Crippen molar-refractivity contribution in [1.82, 2.24) is 4.90 Å². The molecule has 1 aliphatic heterocycles. The highest BCUT2D eigenvalue weighted by atomic mass is 16.5. The average Bonchev–Trinajstić information content (AvgIpc) is 2.47. The zero-order valence-corrected chi connectivity index (χ0v) is 11.1. The number of carbonyl (C=O) groups is 1. The Hall–Kier alpha value is -1.75. The van der Waals surface area contributed by atoms with E-state index in [-0.39, 0.29) is 18.6 Å². The van der Waals surface area contributed by atoms with E-state index in [4.69, 9.17) is 4.74 Å². The van der Waals surface area contributed by atoms with Crippen LogP contribution in [0.5, 0.6) is 5.75 Å². The number of hydrogen-bond donors (Lipinski definition) is 2. The number of anilines is 1. The highest BCUT2D eigenvalue weighted by Crippen LogP contribution is 2.24. The van der Waals surface area contributed by atoms with E-state index >= 15 is 0 Å². The summed E-state index contributed by atoms with van der Waals surface area (Å²) in [7, 11) is 1.58. The molecule has 1 saturated heterocycles. The van der Waals surface area contributed by atoms with Gasteiger partial charge in [0.2, 0.25) is 0 Å².